The molecule has 7 heteroatoms. The van der Waals surface area contributed by atoms with Gasteiger partial charge >= 0.3 is 0 Å². The van der Waals surface area contributed by atoms with E-state index in [2.05, 4.69) is 17.9 Å². The number of carbonyl (C=O) groups excluding carboxylic acids is 1. The van der Waals surface area contributed by atoms with Crippen LogP contribution in [0.3, 0.4) is 0 Å². The summed E-state index contributed by atoms with van der Waals surface area (Å²) < 4.78 is 2.65. The average molecular weight is 387 g/mol. The Bertz CT molecular complexity index is 916. The van der Waals surface area contributed by atoms with Crippen molar-refractivity contribution in [1.29, 1.82) is 5.26 Å². The van der Waals surface area contributed by atoms with Crippen molar-refractivity contribution < 1.29 is 4.79 Å². The maximum atomic E-state index is 12.5. The van der Waals surface area contributed by atoms with E-state index in [4.69, 9.17) is 12.2 Å². The van der Waals surface area contributed by atoms with Crippen molar-refractivity contribution in [2.24, 2.45) is 0 Å². The lowest BCUT2D eigenvalue weighted by Crippen LogP contribution is -2.49. The van der Waals surface area contributed by atoms with Crippen LogP contribution in [0.25, 0.3) is 0 Å². The molecule has 2 aromatic heterocycles. The fourth-order valence-corrected chi connectivity index (χ4v) is 4.34. The van der Waals surface area contributed by atoms with Gasteiger partial charge in [0.1, 0.15) is 10.7 Å². The number of carbonyl (C=O) groups is 1. The number of nitrogens with zero attached hydrogens (tertiary/aromatic N) is 4. The van der Waals surface area contributed by atoms with E-state index in [0.29, 0.717) is 30.0 Å². The minimum Gasteiger partial charge on any atom is -0.335 e. The molecule has 0 aliphatic carbocycles. The second kappa shape index (κ2) is 7.70. The molecule has 3 rings (SSSR count). The molecule has 26 heavy (non-hydrogen) atoms. The third kappa shape index (κ3) is 3.45. The van der Waals surface area contributed by atoms with Gasteiger partial charge in [-0.3, -0.25) is 9.69 Å². The molecule has 2 aromatic rings. The van der Waals surface area contributed by atoms with Gasteiger partial charge in [-0.2, -0.15) is 5.26 Å². The van der Waals surface area contributed by atoms with E-state index in [-0.39, 0.29) is 5.91 Å². The molecule has 1 aliphatic heterocycles. The van der Waals surface area contributed by atoms with Crippen LogP contribution in [0.1, 0.15) is 32.1 Å². The first kappa shape index (κ1) is 18.8. The second-order valence-corrected chi connectivity index (χ2v) is 7.92. The molecule has 0 N–H and O–H groups in total. The van der Waals surface area contributed by atoms with E-state index in [1.165, 1.54) is 11.3 Å². The highest BCUT2D eigenvalue weighted by Crippen LogP contribution is 2.20. The van der Waals surface area contributed by atoms with Crippen molar-refractivity contribution in [3.05, 3.63) is 49.4 Å². The molecule has 136 valence electrons. The maximum Gasteiger partial charge on any atom is 0.264 e. The van der Waals surface area contributed by atoms with Crippen molar-refractivity contribution in [3.63, 3.8) is 0 Å². The van der Waals surface area contributed by atoms with E-state index in [1.54, 1.807) is 0 Å². The number of aromatic nitrogens is 1. The third-order valence-corrected chi connectivity index (χ3v) is 6.47. The van der Waals surface area contributed by atoms with E-state index in [0.717, 1.165) is 34.8 Å². The summed E-state index contributed by atoms with van der Waals surface area (Å²) >= 11 is 7.05. The molecule has 1 aliphatic rings. The molecule has 1 fully saturated rings. The predicted octanol–water partition coefficient (Wildman–Crippen LogP) is 3.49. The van der Waals surface area contributed by atoms with Gasteiger partial charge in [0, 0.05) is 31.9 Å². The van der Waals surface area contributed by atoms with Gasteiger partial charge in [0.2, 0.25) is 0 Å². The van der Waals surface area contributed by atoms with Gasteiger partial charge in [-0.1, -0.05) is 18.3 Å². The smallest absolute Gasteiger partial charge is 0.264 e. The van der Waals surface area contributed by atoms with Crippen molar-refractivity contribution in [1.82, 2.24) is 14.4 Å². The molecule has 0 unspecified atom stereocenters. The monoisotopic (exact) mass is 386 g/mol. The summed E-state index contributed by atoms with van der Waals surface area (Å²) in [7, 11) is 0. The zero-order chi connectivity index (χ0) is 18.8. The van der Waals surface area contributed by atoms with E-state index >= 15 is 0 Å². The van der Waals surface area contributed by atoms with E-state index < -0.39 is 0 Å². The lowest BCUT2D eigenvalue weighted by Gasteiger charge is -2.35. The number of hydrogen-bond donors (Lipinski definition) is 0. The van der Waals surface area contributed by atoms with Gasteiger partial charge in [-0.15, -0.1) is 11.3 Å². The Hall–Kier alpha value is -2.01. The lowest BCUT2D eigenvalue weighted by atomic mass is 10.0. The molecule has 0 radical (unpaired) electrons. The zero-order valence-corrected chi connectivity index (χ0v) is 16.9. The summed E-state index contributed by atoms with van der Waals surface area (Å²) in [6.07, 6.45) is 0. The number of pyridine rings is 1. The zero-order valence-electron chi connectivity index (χ0n) is 15.3. The van der Waals surface area contributed by atoms with Crippen LogP contribution >= 0.6 is 23.6 Å². The second-order valence-electron chi connectivity index (χ2n) is 6.58. The molecular weight excluding hydrogens is 364 g/mol. The highest BCUT2D eigenvalue weighted by Gasteiger charge is 2.23. The Morgan fingerprint density at radius 1 is 1.23 bits per heavy atom. The number of nitriles is 1. The van der Waals surface area contributed by atoms with Crippen molar-refractivity contribution in [3.8, 4) is 6.07 Å². The van der Waals surface area contributed by atoms with Crippen LogP contribution in [0.15, 0.2) is 17.5 Å². The van der Waals surface area contributed by atoms with Gasteiger partial charge in [0.05, 0.1) is 17.1 Å². The molecule has 1 amide bonds. The molecule has 0 bridgehead atoms. The number of piperazine rings is 1. The SMILES string of the molecule is Cc1c(C)c(C)n(CN2CCN(C(=O)c3cccs3)CC2)c(=S)c1C#N. The number of thiophene rings is 1. The Morgan fingerprint density at radius 3 is 2.50 bits per heavy atom. The van der Waals surface area contributed by atoms with E-state index in [1.807, 2.05) is 40.8 Å². The van der Waals surface area contributed by atoms with Crippen molar-refractivity contribution >= 4 is 29.5 Å². The van der Waals surface area contributed by atoms with Crippen LogP contribution in [0, 0.1) is 36.7 Å². The van der Waals surface area contributed by atoms with Gasteiger partial charge in [0.25, 0.3) is 5.91 Å². The lowest BCUT2D eigenvalue weighted by molar-refractivity contribution is 0.0597. The summed E-state index contributed by atoms with van der Waals surface area (Å²) in [5.74, 6) is 0.116. The molecule has 5 nitrogen and oxygen atoms in total. The Kier molecular flexibility index (Phi) is 5.56. The van der Waals surface area contributed by atoms with E-state index in [9.17, 15) is 10.1 Å². The number of rotatable bonds is 3. The Morgan fingerprint density at radius 2 is 1.92 bits per heavy atom. The number of amides is 1. The minimum absolute atomic E-state index is 0.116. The summed E-state index contributed by atoms with van der Waals surface area (Å²) in [5, 5.41) is 11.4. The molecule has 0 spiro atoms. The predicted molar refractivity (Wildman–Crippen MR) is 106 cm³/mol. The van der Waals surface area contributed by atoms with Crippen molar-refractivity contribution in [2.75, 3.05) is 26.2 Å². The highest BCUT2D eigenvalue weighted by atomic mass is 32.1. The van der Waals surface area contributed by atoms with Crippen LogP contribution in [0.2, 0.25) is 0 Å². The third-order valence-electron chi connectivity index (χ3n) is 5.19. The van der Waals surface area contributed by atoms with Crippen LogP contribution < -0.4 is 0 Å². The highest BCUT2D eigenvalue weighted by molar-refractivity contribution is 7.71. The van der Waals surface area contributed by atoms with Gasteiger partial charge in [-0.05, 0) is 43.3 Å². The molecular formula is C19H22N4OS2. The topological polar surface area (TPSA) is 52.3 Å². The van der Waals surface area contributed by atoms with Crippen LogP contribution in [0.4, 0.5) is 0 Å². The first-order chi connectivity index (χ1) is 12.4. The Balaban J connectivity index is 1.73. The van der Waals surface area contributed by atoms with Gasteiger partial charge < -0.3 is 9.47 Å². The van der Waals surface area contributed by atoms with Crippen LogP contribution in [-0.2, 0) is 6.67 Å². The van der Waals surface area contributed by atoms with Crippen LogP contribution in [0.5, 0.6) is 0 Å². The van der Waals surface area contributed by atoms with Gasteiger partial charge in [-0.25, -0.2) is 0 Å². The first-order valence-corrected chi connectivity index (χ1v) is 9.88. The molecule has 1 saturated heterocycles. The fourth-order valence-electron chi connectivity index (χ4n) is 3.26. The maximum absolute atomic E-state index is 12.5. The molecule has 3 heterocycles. The largest absolute Gasteiger partial charge is 0.335 e. The summed E-state index contributed by atoms with van der Waals surface area (Å²) in [5.41, 5.74) is 3.78. The average Bonchev–Trinajstić information content (AvgIpc) is 3.19. The fraction of sp³-hybridized carbons (Fsp3) is 0.421. The quantitative estimate of drug-likeness (QED) is 0.758. The minimum atomic E-state index is 0.116. The summed E-state index contributed by atoms with van der Waals surface area (Å²) in [6, 6.07) is 6.04. The van der Waals surface area contributed by atoms with Crippen molar-refractivity contribution in [2.45, 2.75) is 27.4 Å². The molecule has 0 saturated carbocycles. The van der Waals surface area contributed by atoms with Gasteiger partial charge in [0.15, 0.2) is 0 Å². The molecule has 0 aromatic carbocycles. The Labute approximate surface area is 163 Å². The standard InChI is InChI=1S/C19H22N4OS2/c1-13-14(2)16(11-20)19(25)23(15(13)3)12-21-6-8-22(9-7-21)18(24)17-5-4-10-26-17/h4-5,10H,6-9,12H2,1-3H3. The van der Waals surface area contributed by atoms with Crippen LogP contribution in [-0.4, -0.2) is 46.5 Å². The summed E-state index contributed by atoms with van der Waals surface area (Å²) in [6.45, 7) is 9.71. The normalized spacial score (nSPS) is 15.1. The molecule has 0 atom stereocenters. The number of hydrogen-bond acceptors (Lipinski definition) is 5. The summed E-state index contributed by atoms with van der Waals surface area (Å²) in [4.78, 5) is 17.5. The first-order valence-electron chi connectivity index (χ1n) is 8.60.